The molecule has 1 heterocycles. The van der Waals surface area contributed by atoms with Crippen molar-refractivity contribution in [2.45, 2.75) is 32.4 Å². The van der Waals surface area contributed by atoms with Crippen LogP contribution in [0.25, 0.3) is 0 Å². The van der Waals surface area contributed by atoms with Crippen molar-refractivity contribution in [3.63, 3.8) is 0 Å². The minimum atomic E-state index is 0.724. The summed E-state index contributed by atoms with van der Waals surface area (Å²) >= 11 is 0. The maximum absolute atomic E-state index is 4.32. The van der Waals surface area contributed by atoms with E-state index in [1.165, 1.54) is 12.8 Å². The van der Waals surface area contributed by atoms with E-state index in [0.29, 0.717) is 0 Å². The van der Waals surface area contributed by atoms with Crippen LogP contribution in [0.5, 0.6) is 0 Å². The number of rotatable bonds is 3. The zero-order chi connectivity index (χ0) is 9.26. The Labute approximate surface area is 79.1 Å². The molecule has 0 amide bonds. The molecule has 72 valence electrons. The second-order valence-electron chi connectivity index (χ2n) is 4.02. The third-order valence-electron chi connectivity index (χ3n) is 2.93. The molecular formula is C10H17N3. The molecule has 3 heteroatoms. The quantitative estimate of drug-likeness (QED) is 0.758. The van der Waals surface area contributed by atoms with Gasteiger partial charge in [0.2, 0.25) is 0 Å². The molecule has 0 spiro atoms. The average Bonchev–Trinajstić information content (AvgIpc) is 2.49. The highest BCUT2D eigenvalue weighted by molar-refractivity contribution is 4.99. The molecule has 0 radical (unpaired) electrons. The average molecular weight is 179 g/mol. The van der Waals surface area contributed by atoms with Gasteiger partial charge in [-0.1, -0.05) is 6.92 Å². The third-order valence-corrected chi connectivity index (χ3v) is 2.93. The van der Waals surface area contributed by atoms with Crippen LogP contribution in [0.4, 0.5) is 0 Å². The van der Waals surface area contributed by atoms with Crippen LogP contribution in [0.2, 0.25) is 0 Å². The third kappa shape index (κ3) is 1.91. The summed E-state index contributed by atoms with van der Waals surface area (Å²) in [6.07, 6.45) is 4.69. The number of aryl methyl sites for hydroxylation is 1. The molecular weight excluding hydrogens is 162 g/mol. The Kier molecular flexibility index (Phi) is 2.36. The van der Waals surface area contributed by atoms with Gasteiger partial charge in [0.05, 0.1) is 5.69 Å². The van der Waals surface area contributed by atoms with Crippen LogP contribution < -0.4 is 5.32 Å². The van der Waals surface area contributed by atoms with Crippen LogP contribution >= 0.6 is 0 Å². The molecule has 2 unspecified atom stereocenters. The Hall–Kier alpha value is -0.830. The van der Waals surface area contributed by atoms with Gasteiger partial charge >= 0.3 is 0 Å². The molecule has 2 atom stereocenters. The highest BCUT2D eigenvalue weighted by atomic mass is 15.3. The lowest BCUT2D eigenvalue weighted by Crippen LogP contribution is -2.41. The summed E-state index contributed by atoms with van der Waals surface area (Å²) in [6, 6.07) is 2.79. The monoisotopic (exact) mass is 179 g/mol. The van der Waals surface area contributed by atoms with Crippen molar-refractivity contribution in [2.75, 3.05) is 0 Å². The zero-order valence-corrected chi connectivity index (χ0v) is 8.33. The van der Waals surface area contributed by atoms with Gasteiger partial charge in [-0.05, 0) is 24.8 Å². The van der Waals surface area contributed by atoms with E-state index in [2.05, 4.69) is 23.4 Å². The van der Waals surface area contributed by atoms with Crippen LogP contribution in [-0.4, -0.2) is 15.8 Å². The first kappa shape index (κ1) is 8.75. The van der Waals surface area contributed by atoms with E-state index in [9.17, 15) is 0 Å². The smallest absolute Gasteiger partial charge is 0.0762 e. The molecule has 1 fully saturated rings. The SMILES string of the molecule is CC1CCC1NCc1ccn(C)n1. The van der Waals surface area contributed by atoms with E-state index in [-0.39, 0.29) is 0 Å². The molecule has 1 N–H and O–H groups in total. The van der Waals surface area contributed by atoms with Crippen molar-refractivity contribution < 1.29 is 0 Å². The molecule has 2 rings (SSSR count). The molecule has 13 heavy (non-hydrogen) atoms. The number of aromatic nitrogens is 2. The summed E-state index contributed by atoms with van der Waals surface area (Å²) in [5.74, 6) is 0.851. The van der Waals surface area contributed by atoms with Gasteiger partial charge in [-0.2, -0.15) is 5.10 Å². The fourth-order valence-electron chi connectivity index (χ4n) is 1.76. The number of hydrogen-bond donors (Lipinski definition) is 1. The van der Waals surface area contributed by atoms with E-state index < -0.39 is 0 Å². The van der Waals surface area contributed by atoms with Crippen molar-refractivity contribution in [3.05, 3.63) is 18.0 Å². The maximum Gasteiger partial charge on any atom is 0.0762 e. The molecule has 0 aromatic carbocycles. The van der Waals surface area contributed by atoms with Gasteiger partial charge in [0.1, 0.15) is 0 Å². The molecule has 0 saturated heterocycles. The highest BCUT2D eigenvalue weighted by Crippen LogP contribution is 2.26. The lowest BCUT2D eigenvalue weighted by molar-refractivity contribution is 0.227. The Morgan fingerprint density at radius 1 is 1.62 bits per heavy atom. The first-order valence-corrected chi connectivity index (χ1v) is 4.97. The Balaban J connectivity index is 1.79. The largest absolute Gasteiger partial charge is 0.308 e. The number of nitrogens with one attached hydrogen (secondary N) is 1. The van der Waals surface area contributed by atoms with Gasteiger partial charge in [0.25, 0.3) is 0 Å². The van der Waals surface area contributed by atoms with Gasteiger partial charge in [-0.15, -0.1) is 0 Å². The van der Waals surface area contributed by atoms with Crippen molar-refractivity contribution in [1.29, 1.82) is 0 Å². The van der Waals surface area contributed by atoms with Gasteiger partial charge in [-0.25, -0.2) is 0 Å². The Morgan fingerprint density at radius 3 is 2.92 bits per heavy atom. The number of hydrogen-bond acceptors (Lipinski definition) is 2. The summed E-state index contributed by atoms with van der Waals surface area (Å²) in [6.45, 7) is 3.22. The van der Waals surface area contributed by atoms with Gasteiger partial charge in [-0.3, -0.25) is 4.68 Å². The van der Waals surface area contributed by atoms with Crippen LogP contribution in [0.3, 0.4) is 0 Å². The van der Waals surface area contributed by atoms with Crippen molar-refractivity contribution in [2.24, 2.45) is 13.0 Å². The molecule has 1 aliphatic rings. The van der Waals surface area contributed by atoms with E-state index in [4.69, 9.17) is 0 Å². The van der Waals surface area contributed by atoms with Crippen LogP contribution in [0.15, 0.2) is 12.3 Å². The van der Waals surface area contributed by atoms with Gasteiger partial charge < -0.3 is 5.32 Å². The van der Waals surface area contributed by atoms with E-state index in [1.807, 2.05) is 17.9 Å². The lowest BCUT2D eigenvalue weighted by Gasteiger charge is -2.34. The molecule has 0 aliphatic heterocycles. The summed E-state index contributed by atoms with van der Waals surface area (Å²) in [5, 5.41) is 7.84. The first-order chi connectivity index (χ1) is 6.25. The molecule has 1 saturated carbocycles. The minimum Gasteiger partial charge on any atom is -0.308 e. The van der Waals surface area contributed by atoms with Crippen LogP contribution in [0, 0.1) is 5.92 Å². The predicted octanol–water partition coefficient (Wildman–Crippen LogP) is 1.31. The highest BCUT2D eigenvalue weighted by Gasteiger charge is 2.25. The van der Waals surface area contributed by atoms with E-state index in [0.717, 1.165) is 24.2 Å². The fraction of sp³-hybridized carbons (Fsp3) is 0.700. The molecule has 1 aliphatic carbocycles. The van der Waals surface area contributed by atoms with Gasteiger partial charge in [0, 0.05) is 25.8 Å². The zero-order valence-electron chi connectivity index (χ0n) is 8.33. The molecule has 1 aromatic rings. The summed E-state index contributed by atoms with van der Waals surface area (Å²) in [5.41, 5.74) is 1.14. The first-order valence-electron chi connectivity index (χ1n) is 4.97. The van der Waals surface area contributed by atoms with Gasteiger partial charge in [0.15, 0.2) is 0 Å². The van der Waals surface area contributed by atoms with Crippen LogP contribution in [-0.2, 0) is 13.6 Å². The van der Waals surface area contributed by atoms with Crippen molar-refractivity contribution in [1.82, 2.24) is 15.1 Å². The lowest BCUT2D eigenvalue weighted by atomic mass is 9.81. The second-order valence-corrected chi connectivity index (χ2v) is 4.02. The summed E-state index contributed by atoms with van der Waals surface area (Å²) in [7, 11) is 1.95. The van der Waals surface area contributed by atoms with E-state index >= 15 is 0 Å². The number of nitrogens with zero attached hydrogens (tertiary/aromatic N) is 2. The van der Waals surface area contributed by atoms with Crippen LogP contribution in [0.1, 0.15) is 25.5 Å². The Bertz CT molecular complexity index is 279. The van der Waals surface area contributed by atoms with E-state index in [1.54, 1.807) is 0 Å². The fourth-order valence-corrected chi connectivity index (χ4v) is 1.76. The Morgan fingerprint density at radius 2 is 2.46 bits per heavy atom. The topological polar surface area (TPSA) is 29.9 Å². The predicted molar refractivity (Wildman–Crippen MR) is 52.2 cm³/mol. The molecule has 1 aromatic heterocycles. The maximum atomic E-state index is 4.32. The van der Waals surface area contributed by atoms with Crippen molar-refractivity contribution >= 4 is 0 Å². The summed E-state index contributed by atoms with van der Waals surface area (Å²) in [4.78, 5) is 0. The molecule has 0 bridgehead atoms. The standard InChI is InChI=1S/C10H17N3/c1-8-3-4-10(8)11-7-9-5-6-13(2)12-9/h5-6,8,10-11H,3-4,7H2,1-2H3. The second kappa shape index (κ2) is 3.50. The normalized spacial score (nSPS) is 27.2. The summed E-state index contributed by atoms with van der Waals surface area (Å²) < 4.78 is 1.85. The van der Waals surface area contributed by atoms with Crippen molar-refractivity contribution in [3.8, 4) is 0 Å². The molecule has 3 nitrogen and oxygen atoms in total. The minimum absolute atomic E-state index is 0.724.